The molecule has 29 heavy (non-hydrogen) atoms. The molecule has 0 saturated carbocycles. The van der Waals surface area contributed by atoms with Crippen LogP contribution in [0.25, 0.3) is 0 Å². The van der Waals surface area contributed by atoms with Crippen molar-refractivity contribution in [1.82, 2.24) is 9.78 Å². The molecule has 1 amide bonds. The molecule has 3 aromatic rings. The summed E-state index contributed by atoms with van der Waals surface area (Å²) in [5.74, 6) is 1.09. The molecule has 152 valence electrons. The Morgan fingerprint density at radius 3 is 2.41 bits per heavy atom. The van der Waals surface area contributed by atoms with Crippen molar-refractivity contribution in [2.75, 3.05) is 18.5 Å². The van der Waals surface area contributed by atoms with Gasteiger partial charge in [0.2, 0.25) is 0 Å². The summed E-state index contributed by atoms with van der Waals surface area (Å²) in [6, 6.07) is 15.5. The minimum atomic E-state index is -0.187. The molecule has 0 atom stereocenters. The summed E-state index contributed by atoms with van der Waals surface area (Å²) >= 11 is 0. The van der Waals surface area contributed by atoms with Crippen LogP contribution in [0.4, 0.5) is 5.69 Å². The van der Waals surface area contributed by atoms with Gasteiger partial charge < -0.3 is 14.8 Å². The molecule has 0 aliphatic heterocycles. The van der Waals surface area contributed by atoms with E-state index in [0.717, 1.165) is 11.3 Å². The van der Waals surface area contributed by atoms with E-state index in [0.29, 0.717) is 48.9 Å². The van der Waals surface area contributed by atoms with Gasteiger partial charge in [-0.25, -0.2) is 0 Å². The van der Waals surface area contributed by atoms with Crippen LogP contribution in [0.15, 0.2) is 54.7 Å². The number of benzene rings is 2. The van der Waals surface area contributed by atoms with Gasteiger partial charge in [0.05, 0.1) is 37.2 Å². The zero-order chi connectivity index (χ0) is 20.6. The first-order valence-electron chi connectivity index (χ1n) is 9.95. The van der Waals surface area contributed by atoms with Crippen LogP contribution in [0.3, 0.4) is 0 Å². The average Bonchev–Trinajstić information content (AvgIpc) is 3.13. The highest BCUT2D eigenvalue weighted by Crippen LogP contribution is 2.31. The Balaban J connectivity index is 1.79. The quantitative estimate of drug-likeness (QED) is 0.579. The van der Waals surface area contributed by atoms with Gasteiger partial charge in [0, 0.05) is 11.8 Å². The number of ether oxygens (including phenoxy) is 2. The molecule has 0 aliphatic rings. The van der Waals surface area contributed by atoms with E-state index in [1.807, 2.05) is 55.8 Å². The van der Waals surface area contributed by atoms with Crippen LogP contribution in [0, 0.1) is 0 Å². The Morgan fingerprint density at radius 2 is 1.72 bits per heavy atom. The summed E-state index contributed by atoms with van der Waals surface area (Å²) in [5, 5.41) is 7.39. The predicted molar refractivity (Wildman–Crippen MR) is 114 cm³/mol. The number of carbonyl (C=O) groups is 1. The Hall–Kier alpha value is -3.28. The Morgan fingerprint density at radius 1 is 1.00 bits per heavy atom. The van der Waals surface area contributed by atoms with E-state index in [2.05, 4.69) is 22.5 Å². The van der Waals surface area contributed by atoms with E-state index in [9.17, 15) is 4.79 Å². The monoisotopic (exact) mass is 393 g/mol. The first-order valence-corrected chi connectivity index (χ1v) is 9.95. The van der Waals surface area contributed by atoms with Crippen LogP contribution in [-0.4, -0.2) is 28.9 Å². The number of amides is 1. The first-order chi connectivity index (χ1) is 14.2. The van der Waals surface area contributed by atoms with Gasteiger partial charge in [0.25, 0.3) is 5.91 Å². The van der Waals surface area contributed by atoms with E-state index in [4.69, 9.17) is 9.47 Å². The van der Waals surface area contributed by atoms with E-state index < -0.39 is 0 Å². The second kappa shape index (κ2) is 9.78. The van der Waals surface area contributed by atoms with Gasteiger partial charge in [-0.1, -0.05) is 37.3 Å². The summed E-state index contributed by atoms with van der Waals surface area (Å²) in [6.45, 7) is 7.56. The molecule has 1 heterocycles. The van der Waals surface area contributed by atoms with Crippen molar-refractivity contribution in [2.45, 2.75) is 33.7 Å². The summed E-state index contributed by atoms with van der Waals surface area (Å²) in [6.07, 6.45) is 2.35. The number of rotatable bonds is 9. The van der Waals surface area contributed by atoms with E-state index in [1.54, 1.807) is 12.3 Å². The number of nitrogens with one attached hydrogen (secondary N) is 1. The van der Waals surface area contributed by atoms with Gasteiger partial charge in [-0.15, -0.1) is 0 Å². The molecular formula is C23H27N3O3. The third-order valence-electron chi connectivity index (χ3n) is 4.50. The fourth-order valence-corrected chi connectivity index (χ4v) is 3.19. The molecule has 6 nitrogen and oxygen atoms in total. The van der Waals surface area contributed by atoms with Crippen LogP contribution in [-0.2, 0) is 13.0 Å². The summed E-state index contributed by atoms with van der Waals surface area (Å²) in [4.78, 5) is 12.9. The van der Waals surface area contributed by atoms with Crippen LogP contribution < -0.4 is 14.8 Å². The number of hydrogen-bond acceptors (Lipinski definition) is 4. The van der Waals surface area contributed by atoms with Gasteiger partial charge in [0.15, 0.2) is 11.5 Å². The summed E-state index contributed by atoms with van der Waals surface area (Å²) in [5.41, 5.74) is 3.28. The molecule has 0 bridgehead atoms. The zero-order valence-electron chi connectivity index (χ0n) is 17.1. The van der Waals surface area contributed by atoms with Crippen LogP contribution in [0.1, 0.15) is 42.4 Å². The van der Waals surface area contributed by atoms with Crippen molar-refractivity contribution < 1.29 is 14.3 Å². The normalized spacial score (nSPS) is 10.6. The minimum absolute atomic E-state index is 0.187. The molecule has 0 unspecified atom stereocenters. The van der Waals surface area contributed by atoms with Gasteiger partial charge in [-0.05, 0) is 38.0 Å². The third-order valence-corrected chi connectivity index (χ3v) is 4.50. The maximum absolute atomic E-state index is 12.9. The standard InChI is InChI=1S/C23H27N3O3/c1-4-20-19(15-24-26(20)16-17-10-8-7-9-11-17)23(27)25-18-12-13-21(28-5-2)22(14-18)29-6-3/h7-15H,4-6,16H2,1-3H3,(H,25,27). The Kier molecular flexibility index (Phi) is 6.89. The maximum atomic E-state index is 12.9. The average molecular weight is 393 g/mol. The van der Waals surface area contributed by atoms with Gasteiger partial charge in [-0.2, -0.15) is 5.10 Å². The van der Waals surface area contributed by atoms with Gasteiger partial charge in [-0.3, -0.25) is 9.48 Å². The molecule has 1 aromatic heterocycles. The van der Waals surface area contributed by atoms with Crippen molar-refractivity contribution in [2.24, 2.45) is 0 Å². The molecule has 1 N–H and O–H groups in total. The van der Waals surface area contributed by atoms with Crippen molar-refractivity contribution in [3.05, 3.63) is 71.5 Å². The molecule has 0 fully saturated rings. The lowest BCUT2D eigenvalue weighted by molar-refractivity contribution is 0.102. The molecular weight excluding hydrogens is 366 g/mol. The molecule has 0 saturated heterocycles. The highest BCUT2D eigenvalue weighted by atomic mass is 16.5. The number of hydrogen-bond donors (Lipinski definition) is 1. The van der Waals surface area contributed by atoms with E-state index >= 15 is 0 Å². The summed E-state index contributed by atoms with van der Waals surface area (Å²) < 4.78 is 13.1. The van der Waals surface area contributed by atoms with E-state index in [-0.39, 0.29) is 5.91 Å². The fraction of sp³-hybridized carbons (Fsp3) is 0.304. The maximum Gasteiger partial charge on any atom is 0.259 e. The van der Waals surface area contributed by atoms with Gasteiger partial charge in [0.1, 0.15) is 0 Å². The predicted octanol–water partition coefficient (Wildman–Crippen LogP) is 4.54. The fourth-order valence-electron chi connectivity index (χ4n) is 3.19. The van der Waals surface area contributed by atoms with E-state index in [1.165, 1.54) is 0 Å². The summed E-state index contributed by atoms with van der Waals surface area (Å²) in [7, 11) is 0. The Labute approximate surface area is 171 Å². The number of aromatic nitrogens is 2. The van der Waals surface area contributed by atoms with Crippen molar-refractivity contribution in [3.8, 4) is 11.5 Å². The SMILES string of the molecule is CCOc1ccc(NC(=O)c2cnn(Cc3ccccc3)c2CC)cc1OCC. The smallest absolute Gasteiger partial charge is 0.259 e. The molecule has 0 radical (unpaired) electrons. The molecule has 0 spiro atoms. The highest BCUT2D eigenvalue weighted by Gasteiger charge is 2.17. The minimum Gasteiger partial charge on any atom is -0.490 e. The van der Waals surface area contributed by atoms with Crippen molar-refractivity contribution in [1.29, 1.82) is 0 Å². The molecule has 0 aliphatic carbocycles. The number of carbonyl (C=O) groups excluding carboxylic acids is 1. The van der Waals surface area contributed by atoms with Crippen LogP contribution >= 0.6 is 0 Å². The van der Waals surface area contributed by atoms with Crippen LogP contribution in [0.2, 0.25) is 0 Å². The lowest BCUT2D eigenvalue weighted by Gasteiger charge is -2.13. The second-order valence-electron chi connectivity index (χ2n) is 6.48. The second-order valence-corrected chi connectivity index (χ2v) is 6.48. The highest BCUT2D eigenvalue weighted by molar-refractivity contribution is 6.05. The third kappa shape index (κ3) is 4.96. The topological polar surface area (TPSA) is 65.4 Å². The molecule has 3 rings (SSSR count). The number of anilines is 1. The number of nitrogens with zero attached hydrogens (tertiary/aromatic N) is 2. The molecule has 2 aromatic carbocycles. The zero-order valence-corrected chi connectivity index (χ0v) is 17.1. The van der Waals surface area contributed by atoms with Crippen LogP contribution in [0.5, 0.6) is 11.5 Å². The lowest BCUT2D eigenvalue weighted by Crippen LogP contribution is -2.15. The largest absolute Gasteiger partial charge is 0.490 e. The first kappa shape index (κ1) is 20.5. The van der Waals surface area contributed by atoms with Crippen molar-refractivity contribution in [3.63, 3.8) is 0 Å². The lowest BCUT2D eigenvalue weighted by atomic mass is 10.1. The molecule has 6 heteroatoms. The van der Waals surface area contributed by atoms with Crippen molar-refractivity contribution >= 4 is 11.6 Å². The Bertz CT molecular complexity index is 951. The van der Waals surface area contributed by atoms with Gasteiger partial charge >= 0.3 is 0 Å².